The van der Waals surface area contributed by atoms with E-state index in [1.54, 1.807) is 13.8 Å². The van der Waals surface area contributed by atoms with Crippen molar-refractivity contribution < 1.29 is 33.3 Å². The van der Waals surface area contributed by atoms with Crippen LogP contribution < -0.4 is 0 Å². The van der Waals surface area contributed by atoms with E-state index >= 15 is 0 Å². The van der Waals surface area contributed by atoms with Gasteiger partial charge in [-0.15, -0.1) is 0 Å². The molecule has 1 fully saturated rings. The van der Waals surface area contributed by atoms with Gasteiger partial charge in [0.05, 0.1) is 12.2 Å². The maximum atomic E-state index is 12.1. The molecule has 0 aromatic heterocycles. The zero-order chi connectivity index (χ0) is 19.7. The van der Waals surface area contributed by atoms with Crippen LogP contribution in [0.4, 0.5) is 0 Å². The summed E-state index contributed by atoms with van der Waals surface area (Å²) in [7, 11) is 0. The molecular weight excluding hydrogens is 340 g/mol. The van der Waals surface area contributed by atoms with Crippen LogP contribution in [0, 0.1) is 0 Å². The molecule has 150 valence electrons. The zero-order valence-electron chi connectivity index (χ0n) is 16.5. The summed E-state index contributed by atoms with van der Waals surface area (Å²) in [4.78, 5) is 36.1. The first kappa shape index (κ1) is 22.4. The SMILES string of the molecule is CCCC(=O)OC1C(C)OC(C)C(OC(=O)CCC)C1OC(=O)CCC. The first-order chi connectivity index (χ1) is 12.3. The molecule has 0 aromatic carbocycles. The summed E-state index contributed by atoms with van der Waals surface area (Å²) < 4.78 is 22.4. The van der Waals surface area contributed by atoms with Gasteiger partial charge >= 0.3 is 17.9 Å². The minimum absolute atomic E-state index is 0.241. The Kier molecular flexibility index (Phi) is 9.62. The van der Waals surface area contributed by atoms with Gasteiger partial charge in [-0.1, -0.05) is 20.8 Å². The van der Waals surface area contributed by atoms with Crippen LogP contribution in [0.5, 0.6) is 0 Å². The topological polar surface area (TPSA) is 88.1 Å². The van der Waals surface area contributed by atoms with E-state index in [0.717, 1.165) is 0 Å². The van der Waals surface area contributed by atoms with Gasteiger partial charge < -0.3 is 18.9 Å². The molecule has 1 aliphatic rings. The Morgan fingerprint density at radius 2 is 0.962 bits per heavy atom. The normalized spacial score (nSPS) is 28.3. The molecule has 0 spiro atoms. The van der Waals surface area contributed by atoms with Gasteiger partial charge in [-0.2, -0.15) is 0 Å². The highest BCUT2D eigenvalue weighted by molar-refractivity contribution is 5.71. The van der Waals surface area contributed by atoms with Crippen molar-refractivity contribution in [2.45, 2.75) is 104 Å². The van der Waals surface area contributed by atoms with E-state index in [9.17, 15) is 14.4 Å². The molecule has 4 atom stereocenters. The van der Waals surface area contributed by atoms with Crippen LogP contribution in [0.1, 0.15) is 73.1 Å². The number of carbonyl (C=O) groups is 3. The number of ether oxygens (including phenoxy) is 4. The highest BCUT2D eigenvalue weighted by Gasteiger charge is 2.49. The first-order valence-corrected chi connectivity index (χ1v) is 9.57. The Morgan fingerprint density at radius 1 is 0.654 bits per heavy atom. The van der Waals surface area contributed by atoms with E-state index in [2.05, 4.69) is 0 Å². The highest BCUT2D eigenvalue weighted by Crippen LogP contribution is 2.29. The second kappa shape index (κ2) is 11.2. The van der Waals surface area contributed by atoms with Crippen LogP contribution in [0.2, 0.25) is 0 Å². The summed E-state index contributed by atoms with van der Waals surface area (Å²) in [5.41, 5.74) is 0. The number of esters is 3. The largest absolute Gasteiger partial charge is 0.455 e. The van der Waals surface area contributed by atoms with E-state index in [1.165, 1.54) is 0 Å². The van der Waals surface area contributed by atoms with Gasteiger partial charge in [0.15, 0.2) is 18.3 Å². The van der Waals surface area contributed by atoms with Crippen molar-refractivity contribution in [1.82, 2.24) is 0 Å². The molecule has 7 heteroatoms. The number of rotatable bonds is 9. The third-order valence-corrected chi connectivity index (χ3v) is 4.17. The molecule has 7 nitrogen and oxygen atoms in total. The molecule has 0 aromatic rings. The predicted octanol–water partition coefficient (Wildman–Crippen LogP) is 2.93. The van der Waals surface area contributed by atoms with Crippen molar-refractivity contribution in [1.29, 1.82) is 0 Å². The van der Waals surface area contributed by atoms with E-state index in [-0.39, 0.29) is 19.3 Å². The average molecular weight is 372 g/mol. The van der Waals surface area contributed by atoms with E-state index in [4.69, 9.17) is 18.9 Å². The van der Waals surface area contributed by atoms with Crippen LogP contribution in [0.15, 0.2) is 0 Å². The lowest BCUT2D eigenvalue weighted by Crippen LogP contribution is -2.60. The van der Waals surface area contributed by atoms with Crippen LogP contribution in [0.3, 0.4) is 0 Å². The monoisotopic (exact) mass is 372 g/mol. The second-order valence-corrected chi connectivity index (χ2v) is 6.66. The Hall–Kier alpha value is -1.63. The fraction of sp³-hybridized carbons (Fsp3) is 0.842. The van der Waals surface area contributed by atoms with Crippen molar-refractivity contribution >= 4 is 17.9 Å². The van der Waals surface area contributed by atoms with Gasteiger partial charge in [-0.25, -0.2) is 0 Å². The summed E-state index contributed by atoms with van der Waals surface area (Å²) >= 11 is 0. The van der Waals surface area contributed by atoms with Crippen LogP contribution in [-0.4, -0.2) is 48.4 Å². The molecule has 1 aliphatic heterocycles. The molecule has 0 bridgehead atoms. The molecule has 4 unspecified atom stereocenters. The van der Waals surface area contributed by atoms with E-state index in [1.807, 2.05) is 20.8 Å². The Morgan fingerprint density at radius 3 is 1.27 bits per heavy atom. The number of carbonyl (C=O) groups excluding carboxylic acids is 3. The molecule has 0 amide bonds. The fourth-order valence-electron chi connectivity index (χ4n) is 2.92. The summed E-state index contributed by atoms with van der Waals surface area (Å²) in [6.45, 7) is 9.13. The molecule has 1 saturated heterocycles. The molecule has 0 N–H and O–H groups in total. The van der Waals surface area contributed by atoms with E-state index < -0.39 is 48.4 Å². The molecule has 26 heavy (non-hydrogen) atoms. The first-order valence-electron chi connectivity index (χ1n) is 9.57. The Balaban J connectivity index is 3.03. The Labute approximate surface area is 155 Å². The molecule has 0 aliphatic carbocycles. The number of hydrogen-bond acceptors (Lipinski definition) is 7. The van der Waals surface area contributed by atoms with Gasteiger partial charge in [0.2, 0.25) is 0 Å². The standard InChI is InChI=1S/C19H32O7/c1-6-9-14(20)24-17-12(4)23-13(5)18(25-15(21)10-7-2)19(17)26-16(22)11-8-3/h12-13,17-19H,6-11H2,1-5H3. The van der Waals surface area contributed by atoms with Gasteiger partial charge in [0, 0.05) is 19.3 Å². The third kappa shape index (κ3) is 6.59. The molecule has 1 heterocycles. The summed E-state index contributed by atoms with van der Waals surface area (Å²) in [6, 6.07) is 0. The Bertz CT molecular complexity index is 445. The van der Waals surface area contributed by atoms with Crippen LogP contribution in [-0.2, 0) is 33.3 Å². The smallest absolute Gasteiger partial charge is 0.306 e. The summed E-state index contributed by atoms with van der Waals surface area (Å²) in [5, 5.41) is 0. The van der Waals surface area contributed by atoms with Crippen LogP contribution in [0.25, 0.3) is 0 Å². The highest BCUT2D eigenvalue weighted by atomic mass is 16.6. The van der Waals surface area contributed by atoms with Crippen molar-refractivity contribution in [3.63, 3.8) is 0 Å². The predicted molar refractivity (Wildman–Crippen MR) is 94.4 cm³/mol. The lowest BCUT2D eigenvalue weighted by atomic mass is 9.95. The van der Waals surface area contributed by atoms with Gasteiger partial charge in [-0.05, 0) is 33.1 Å². The van der Waals surface area contributed by atoms with Crippen LogP contribution >= 0.6 is 0 Å². The van der Waals surface area contributed by atoms with Crippen molar-refractivity contribution in [3.05, 3.63) is 0 Å². The zero-order valence-corrected chi connectivity index (χ0v) is 16.5. The quantitative estimate of drug-likeness (QED) is 0.454. The number of hydrogen-bond donors (Lipinski definition) is 0. The molecular formula is C19H32O7. The lowest BCUT2D eigenvalue weighted by molar-refractivity contribution is -0.242. The van der Waals surface area contributed by atoms with Crippen molar-refractivity contribution in [2.75, 3.05) is 0 Å². The summed E-state index contributed by atoms with van der Waals surface area (Å²) in [6.07, 6.45) is -0.788. The fourth-order valence-corrected chi connectivity index (χ4v) is 2.92. The molecule has 0 saturated carbocycles. The van der Waals surface area contributed by atoms with Gasteiger partial charge in [-0.3, -0.25) is 14.4 Å². The molecule has 0 radical (unpaired) electrons. The average Bonchev–Trinajstić information content (AvgIpc) is 2.55. The van der Waals surface area contributed by atoms with Gasteiger partial charge in [0.25, 0.3) is 0 Å². The maximum absolute atomic E-state index is 12.1. The summed E-state index contributed by atoms with van der Waals surface area (Å²) in [5.74, 6) is -1.19. The van der Waals surface area contributed by atoms with Crippen molar-refractivity contribution in [3.8, 4) is 0 Å². The van der Waals surface area contributed by atoms with Gasteiger partial charge in [0.1, 0.15) is 0 Å². The van der Waals surface area contributed by atoms with E-state index in [0.29, 0.717) is 19.3 Å². The second-order valence-electron chi connectivity index (χ2n) is 6.66. The van der Waals surface area contributed by atoms with Crippen molar-refractivity contribution in [2.24, 2.45) is 0 Å². The lowest BCUT2D eigenvalue weighted by Gasteiger charge is -2.43. The minimum Gasteiger partial charge on any atom is -0.455 e. The third-order valence-electron chi connectivity index (χ3n) is 4.17. The minimum atomic E-state index is -0.880. The molecule has 1 rings (SSSR count). The maximum Gasteiger partial charge on any atom is 0.306 e.